The van der Waals surface area contributed by atoms with Crippen LogP contribution in [0.1, 0.15) is 52.9 Å². The van der Waals surface area contributed by atoms with Crippen molar-refractivity contribution in [3.8, 4) is 0 Å². The van der Waals surface area contributed by atoms with Crippen LogP contribution in [0.4, 0.5) is 0 Å². The molecule has 0 aromatic carbocycles. The van der Waals surface area contributed by atoms with E-state index in [9.17, 15) is 5.11 Å². The largest absolute Gasteiger partial charge is 0.389 e. The third kappa shape index (κ3) is 6.72. The summed E-state index contributed by atoms with van der Waals surface area (Å²) >= 11 is 0. The molecule has 0 saturated heterocycles. The minimum absolute atomic E-state index is 0.380. The second-order valence-electron chi connectivity index (χ2n) is 6.18. The van der Waals surface area contributed by atoms with Gasteiger partial charge in [-0.1, -0.05) is 33.1 Å². The molecule has 1 aliphatic rings. The van der Waals surface area contributed by atoms with Crippen LogP contribution in [0.5, 0.6) is 0 Å². The van der Waals surface area contributed by atoms with Crippen LogP contribution in [0, 0.1) is 11.8 Å². The lowest BCUT2D eigenvalue weighted by Crippen LogP contribution is -2.40. The highest BCUT2D eigenvalue weighted by Gasteiger charge is 2.20. The van der Waals surface area contributed by atoms with Gasteiger partial charge in [0.25, 0.3) is 0 Å². The van der Waals surface area contributed by atoms with E-state index < -0.39 is 0 Å². The van der Waals surface area contributed by atoms with Crippen molar-refractivity contribution in [3.05, 3.63) is 0 Å². The maximum Gasteiger partial charge on any atom is 0.0897 e. The lowest BCUT2D eigenvalue weighted by Gasteiger charge is -2.29. The van der Waals surface area contributed by atoms with Gasteiger partial charge in [-0.25, -0.2) is 0 Å². The van der Waals surface area contributed by atoms with Gasteiger partial charge in [-0.2, -0.15) is 0 Å². The normalized spacial score (nSPS) is 21.2. The average molecular weight is 257 g/mol. The summed E-state index contributed by atoms with van der Waals surface area (Å²) in [5.74, 6) is 1.33. The molecule has 2 N–H and O–H groups in total. The Morgan fingerprint density at radius 3 is 2.39 bits per heavy atom. The summed E-state index contributed by atoms with van der Waals surface area (Å²) in [5, 5.41) is 13.3. The van der Waals surface area contributed by atoms with Crippen molar-refractivity contribution in [3.63, 3.8) is 0 Å². The number of nitrogens with one attached hydrogen (secondary N) is 1. The standard InChI is InChI=1S/C15H31NO2/c1-12(2)10-18-11-15(17)9-16-13(3)14-7-5-4-6-8-14/h12-17H,4-11H2,1-3H3/t13-,15?/m1/s1. The Bertz CT molecular complexity index is 203. The van der Waals surface area contributed by atoms with Gasteiger partial charge < -0.3 is 15.2 Å². The number of ether oxygens (including phenoxy) is 1. The number of aliphatic hydroxyl groups is 1. The Morgan fingerprint density at radius 1 is 1.11 bits per heavy atom. The van der Waals surface area contributed by atoms with Crippen molar-refractivity contribution >= 4 is 0 Å². The lowest BCUT2D eigenvalue weighted by molar-refractivity contribution is 0.0240. The Balaban J connectivity index is 2.07. The molecule has 0 heterocycles. The molecule has 1 aliphatic carbocycles. The van der Waals surface area contributed by atoms with Crippen molar-refractivity contribution in [2.24, 2.45) is 11.8 Å². The number of hydrogen-bond donors (Lipinski definition) is 2. The molecule has 1 fully saturated rings. The van der Waals surface area contributed by atoms with Crippen LogP contribution in [0.15, 0.2) is 0 Å². The van der Waals surface area contributed by atoms with E-state index in [1.165, 1.54) is 32.1 Å². The van der Waals surface area contributed by atoms with Crippen molar-refractivity contribution < 1.29 is 9.84 Å². The molecule has 0 aromatic heterocycles. The molecule has 0 amide bonds. The van der Waals surface area contributed by atoms with E-state index >= 15 is 0 Å². The fourth-order valence-corrected chi connectivity index (χ4v) is 2.62. The van der Waals surface area contributed by atoms with Gasteiger partial charge in [-0.05, 0) is 31.6 Å². The Labute approximate surface area is 112 Å². The lowest BCUT2D eigenvalue weighted by atomic mass is 9.84. The molecule has 0 spiro atoms. The molecule has 3 heteroatoms. The van der Waals surface area contributed by atoms with E-state index in [-0.39, 0.29) is 6.10 Å². The highest BCUT2D eigenvalue weighted by Crippen LogP contribution is 2.26. The van der Waals surface area contributed by atoms with Gasteiger partial charge in [0.15, 0.2) is 0 Å². The average Bonchev–Trinajstić information content (AvgIpc) is 2.36. The highest BCUT2D eigenvalue weighted by atomic mass is 16.5. The molecule has 3 nitrogen and oxygen atoms in total. The van der Waals surface area contributed by atoms with Crippen LogP contribution < -0.4 is 5.32 Å². The van der Waals surface area contributed by atoms with E-state index in [1.54, 1.807) is 0 Å². The Kier molecular flexibility index (Phi) is 7.87. The summed E-state index contributed by atoms with van der Waals surface area (Å²) in [6.07, 6.45) is 6.44. The van der Waals surface area contributed by atoms with Crippen molar-refractivity contribution in [1.29, 1.82) is 0 Å². The first-order chi connectivity index (χ1) is 8.59. The molecule has 1 rings (SSSR count). The fraction of sp³-hybridized carbons (Fsp3) is 1.00. The minimum Gasteiger partial charge on any atom is -0.389 e. The first-order valence-electron chi connectivity index (χ1n) is 7.58. The summed E-state index contributed by atoms with van der Waals surface area (Å²) in [6, 6.07) is 0.519. The van der Waals surface area contributed by atoms with Crippen LogP contribution in [0.2, 0.25) is 0 Å². The van der Waals surface area contributed by atoms with Crippen molar-refractivity contribution in [2.45, 2.75) is 65.0 Å². The Hall–Kier alpha value is -0.120. The van der Waals surface area contributed by atoms with Gasteiger partial charge in [0.1, 0.15) is 0 Å². The summed E-state index contributed by atoms with van der Waals surface area (Å²) < 4.78 is 5.44. The van der Waals surface area contributed by atoms with Crippen LogP contribution >= 0.6 is 0 Å². The zero-order valence-electron chi connectivity index (χ0n) is 12.3. The molecule has 0 radical (unpaired) electrons. The van der Waals surface area contributed by atoms with E-state index in [0.717, 1.165) is 12.5 Å². The topological polar surface area (TPSA) is 41.5 Å². The number of aliphatic hydroxyl groups excluding tert-OH is 1. The molecule has 2 atom stereocenters. The molecule has 1 unspecified atom stereocenters. The molecular formula is C15H31NO2. The van der Waals surface area contributed by atoms with Gasteiger partial charge >= 0.3 is 0 Å². The maximum absolute atomic E-state index is 9.82. The van der Waals surface area contributed by atoms with Crippen LogP contribution in [0.3, 0.4) is 0 Å². The number of hydrogen-bond acceptors (Lipinski definition) is 3. The highest BCUT2D eigenvalue weighted by molar-refractivity contribution is 4.76. The van der Waals surface area contributed by atoms with Gasteiger partial charge in [0, 0.05) is 19.2 Å². The quantitative estimate of drug-likeness (QED) is 0.702. The van der Waals surface area contributed by atoms with E-state index in [2.05, 4.69) is 26.1 Å². The minimum atomic E-state index is -0.380. The van der Waals surface area contributed by atoms with Crippen molar-refractivity contribution in [1.82, 2.24) is 5.32 Å². The molecular weight excluding hydrogens is 226 g/mol. The molecule has 0 bridgehead atoms. The van der Waals surface area contributed by atoms with Gasteiger partial charge in [0.2, 0.25) is 0 Å². The van der Waals surface area contributed by atoms with Gasteiger partial charge in [-0.15, -0.1) is 0 Å². The molecule has 18 heavy (non-hydrogen) atoms. The predicted octanol–water partition coefficient (Wildman–Crippen LogP) is 2.58. The van der Waals surface area contributed by atoms with Crippen LogP contribution in [0.25, 0.3) is 0 Å². The molecule has 0 aromatic rings. The third-order valence-corrected chi connectivity index (χ3v) is 3.79. The second kappa shape index (κ2) is 8.89. The first-order valence-corrected chi connectivity index (χ1v) is 7.58. The zero-order chi connectivity index (χ0) is 13.4. The monoisotopic (exact) mass is 257 g/mol. The summed E-state index contributed by atoms with van der Waals surface area (Å²) in [4.78, 5) is 0. The third-order valence-electron chi connectivity index (χ3n) is 3.79. The van der Waals surface area contributed by atoms with Crippen LogP contribution in [-0.4, -0.2) is 37.0 Å². The molecule has 1 saturated carbocycles. The molecule has 0 aliphatic heterocycles. The van der Waals surface area contributed by atoms with Crippen molar-refractivity contribution in [2.75, 3.05) is 19.8 Å². The van der Waals surface area contributed by atoms with E-state index in [0.29, 0.717) is 25.1 Å². The second-order valence-corrected chi connectivity index (χ2v) is 6.18. The first kappa shape index (κ1) is 15.9. The smallest absolute Gasteiger partial charge is 0.0897 e. The Morgan fingerprint density at radius 2 is 1.78 bits per heavy atom. The summed E-state index contributed by atoms with van der Waals surface area (Å²) in [6.45, 7) is 8.32. The van der Waals surface area contributed by atoms with Gasteiger partial charge in [0.05, 0.1) is 12.7 Å². The van der Waals surface area contributed by atoms with E-state index in [1.807, 2.05) is 0 Å². The van der Waals surface area contributed by atoms with E-state index in [4.69, 9.17) is 4.74 Å². The van der Waals surface area contributed by atoms with Gasteiger partial charge in [-0.3, -0.25) is 0 Å². The summed E-state index contributed by atoms with van der Waals surface area (Å²) in [5.41, 5.74) is 0. The number of rotatable bonds is 8. The maximum atomic E-state index is 9.82. The van der Waals surface area contributed by atoms with Crippen LogP contribution in [-0.2, 0) is 4.74 Å². The summed E-state index contributed by atoms with van der Waals surface area (Å²) in [7, 11) is 0. The zero-order valence-corrected chi connectivity index (χ0v) is 12.3. The SMILES string of the molecule is CC(C)COCC(O)CN[C@H](C)C1CCCCC1. The molecule has 108 valence electrons. The predicted molar refractivity (Wildman–Crippen MR) is 75.7 cm³/mol. The fourth-order valence-electron chi connectivity index (χ4n) is 2.62.